The van der Waals surface area contributed by atoms with Crippen LogP contribution in [0.25, 0.3) is 0 Å². The van der Waals surface area contributed by atoms with Crippen molar-refractivity contribution in [1.82, 2.24) is 9.78 Å². The van der Waals surface area contributed by atoms with E-state index in [0.717, 1.165) is 9.56 Å². The summed E-state index contributed by atoms with van der Waals surface area (Å²) in [7, 11) is 1.23. The van der Waals surface area contributed by atoms with Crippen LogP contribution in [0.1, 0.15) is 33.0 Å². The smallest absolute Gasteiger partial charge is 0.436 e. The standard InChI is InChI=1S/C15H15BrF3N3O3S/c1-7-6-9(14(24)25-3)13(26-7)20-10(23)4-5-22-8(2)11(16)12(21-22)15(17,18)19/h6H,4-5H2,1-3H3,(H,20,23). The Hall–Kier alpha value is -1.88. The van der Waals surface area contributed by atoms with Crippen molar-refractivity contribution in [3.63, 3.8) is 0 Å². The number of aromatic nitrogens is 2. The molecule has 0 bridgehead atoms. The molecule has 0 saturated carbocycles. The number of amides is 1. The first-order chi connectivity index (χ1) is 12.0. The first-order valence-corrected chi connectivity index (χ1v) is 8.94. The number of rotatable bonds is 5. The lowest BCUT2D eigenvalue weighted by Gasteiger charge is -2.07. The van der Waals surface area contributed by atoms with Crippen LogP contribution in [0.2, 0.25) is 0 Å². The predicted molar refractivity (Wildman–Crippen MR) is 93.3 cm³/mol. The third-order valence-electron chi connectivity index (χ3n) is 3.47. The molecule has 0 aliphatic rings. The molecule has 26 heavy (non-hydrogen) atoms. The Morgan fingerprint density at radius 2 is 2.04 bits per heavy atom. The number of carbonyl (C=O) groups is 2. The molecular weight excluding hydrogens is 439 g/mol. The van der Waals surface area contributed by atoms with Gasteiger partial charge < -0.3 is 10.1 Å². The summed E-state index contributed by atoms with van der Waals surface area (Å²) in [5.74, 6) is -1.03. The highest BCUT2D eigenvalue weighted by Gasteiger charge is 2.37. The van der Waals surface area contributed by atoms with Gasteiger partial charge in [-0.05, 0) is 35.8 Å². The largest absolute Gasteiger partial charge is 0.465 e. The molecule has 0 spiro atoms. The Bertz CT molecular complexity index is 845. The number of anilines is 1. The van der Waals surface area contributed by atoms with Crippen molar-refractivity contribution >= 4 is 44.1 Å². The highest BCUT2D eigenvalue weighted by Crippen LogP contribution is 2.35. The van der Waals surface area contributed by atoms with E-state index in [4.69, 9.17) is 0 Å². The Morgan fingerprint density at radius 3 is 2.58 bits per heavy atom. The average Bonchev–Trinajstić information content (AvgIpc) is 3.05. The molecule has 142 valence electrons. The van der Waals surface area contributed by atoms with Crippen LogP contribution in [0, 0.1) is 13.8 Å². The SMILES string of the molecule is COC(=O)c1cc(C)sc1NC(=O)CCn1nc(C(F)(F)F)c(Br)c1C. The zero-order valence-corrected chi connectivity index (χ0v) is 16.4. The summed E-state index contributed by atoms with van der Waals surface area (Å²) in [6.45, 7) is 3.21. The van der Waals surface area contributed by atoms with E-state index in [1.54, 1.807) is 13.0 Å². The van der Waals surface area contributed by atoms with Gasteiger partial charge in [0.25, 0.3) is 0 Å². The summed E-state index contributed by atoms with van der Waals surface area (Å²) in [4.78, 5) is 24.6. The van der Waals surface area contributed by atoms with Crippen molar-refractivity contribution in [1.29, 1.82) is 0 Å². The van der Waals surface area contributed by atoms with Gasteiger partial charge in [0.2, 0.25) is 5.91 Å². The quantitative estimate of drug-likeness (QED) is 0.689. The molecule has 0 atom stereocenters. The number of hydrogen-bond donors (Lipinski definition) is 1. The second-order valence-electron chi connectivity index (χ2n) is 5.36. The van der Waals surface area contributed by atoms with Crippen molar-refractivity contribution < 1.29 is 27.5 Å². The maximum Gasteiger partial charge on any atom is 0.436 e. The molecule has 2 heterocycles. The monoisotopic (exact) mass is 453 g/mol. The molecule has 0 aliphatic carbocycles. The van der Waals surface area contributed by atoms with Crippen LogP contribution in [-0.4, -0.2) is 28.8 Å². The van der Waals surface area contributed by atoms with E-state index in [1.807, 2.05) is 0 Å². The van der Waals surface area contributed by atoms with E-state index in [2.05, 4.69) is 31.1 Å². The van der Waals surface area contributed by atoms with Crippen LogP contribution >= 0.6 is 27.3 Å². The molecule has 2 rings (SSSR count). The number of carbonyl (C=O) groups excluding carboxylic acids is 2. The molecule has 6 nitrogen and oxygen atoms in total. The number of esters is 1. The number of hydrogen-bond acceptors (Lipinski definition) is 5. The lowest BCUT2D eigenvalue weighted by atomic mass is 10.3. The van der Waals surface area contributed by atoms with Gasteiger partial charge in [-0.3, -0.25) is 9.48 Å². The van der Waals surface area contributed by atoms with E-state index in [1.165, 1.54) is 25.4 Å². The van der Waals surface area contributed by atoms with Gasteiger partial charge in [0, 0.05) is 11.3 Å². The molecule has 2 aromatic rings. The van der Waals surface area contributed by atoms with Crippen molar-refractivity contribution in [2.45, 2.75) is 33.0 Å². The number of nitrogens with one attached hydrogen (secondary N) is 1. The Kier molecular flexibility index (Phi) is 6.12. The minimum Gasteiger partial charge on any atom is -0.465 e. The van der Waals surface area contributed by atoms with Gasteiger partial charge in [0.1, 0.15) is 5.00 Å². The average molecular weight is 454 g/mol. The summed E-state index contributed by atoms with van der Waals surface area (Å²) in [5.41, 5.74) is -0.523. The molecule has 0 radical (unpaired) electrons. The van der Waals surface area contributed by atoms with Crippen LogP contribution in [0.15, 0.2) is 10.5 Å². The second kappa shape index (κ2) is 7.78. The Morgan fingerprint density at radius 1 is 1.38 bits per heavy atom. The zero-order valence-electron chi connectivity index (χ0n) is 14.0. The fraction of sp³-hybridized carbons (Fsp3) is 0.400. The van der Waals surface area contributed by atoms with Crippen molar-refractivity contribution in [3.05, 3.63) is 32.4 Å². The van der Waals surface area contributed by atoms with Gasteiger partial charge in [-0.1, -0.05) is 0 Å². The maximum atomic E-state index is 12.9. The Balaban J connectivity index is 2.08. The van der Waals surface area contributed by atoms with Crippen molar-refractivity contribution in [2.24, 2.45) is 0 Å². The summed E-state index contributed by atoms with van der Waals surface area (Å²) in [5, 5.41) is 6.45. The highest BCUT2D eigenvalue weighted by atomic mass is 79.9. The lowest BCUT2D eigenvalue weighted by Crippen LogP contribution is -2.17. The topological polar surface area (TPSA) is 73.2 Å². The molecule has 0 fully saturated rings. The van der Waals surface area contributed by atoms with E-state index in [9.17, 15) is 22.8 Å². The summed E-state index contributed by atoms with van der Waals surface area (Å²) in [6.07, 6.45) is -4.69. The molecule has 1 amide bonds. The molecule has 0 aliphatic heterocycles. The molecule has 11 heteroatoms. The molecule has 2 aromatic heterocycles. The van der Waals surface area contributed by atoms with Gasteiger partial charge in [-0.25, -0.2) is 4.79 Å². The lowest BCUT2D eigenvalue weighted by molar-refractivity contribution is -0.142. The van der Waals surface area contributed by atoms with Gasteiger partial charge in [-0.2, -0.15) is 18.3 Å². The van der Waals surface area contributed by atoms with Gasteiger partial charge in [0.05, 0.1) is 29.4 Å². The van der Waals surface area contributed by atoms with Crippen molar-refractivity contribution in [2.75, 3.05) is 12.4 Å². The first-order valence-electron chi connectivity index (χ1n) is 7.33. The molecular formula is C15H15BrF3N3O3S. The highest BCUT2D eigenvalue weighted by molar-refractivity contribution is 9.10. The zero-order chi connectivity index (χ0) is 19.6. The minimum atomic E-state index is -4.58. The van der Waals surface area contributed by atoms with E-state index in [-0.39, 0.29) is 28.7 Å². The number of ether oxygens (including phenoxy) is 1. The molecule has 1 N–H and O–H groups in total. The van der Waals surface area contributed by atoms with E-state index in [0.29, 0.717) is 5.00 Å². The van der Waals surface area contributed by atoms with Crippen LogP contribution in [0.5, 0.6) is 0 Å². The number of nitrogens with zero attached hydrogens (tertiary/aromatic N) is 2. The predicted octanol–water partition coefficient (Wildman–Crippen LogP) is 4.16. The summed E-state index contributed by atoms with van der Waals surface area (Å²) >= 11 is 4.09. The minimum absolute atomic E-state index is 0.0374. The Labute approximate surface area is 159 Å². The van der Waals surface area contributed by atoms with Gasteiger partial charge in [-0.15, -0.1) is 11.3 Å². The third kappa shape index (κ3) is 4.44. The van der Waals surface area contributed by atoms with Crippen LogP contribution in [0.4, 0.5) is 18.2 Å². The number of thiophene rings is 1. The number of methoxy groups -OCH3 is 1. The normalized spacial score (nSPS) is 11.5. The summed E-state index contributed by atoms with van der Waals surface area (Å²) < 4.78 is 44.2. The van der Waals surface area contributed by atoms with Gasteiger partial charge in [0.15, 0.2) is 5.69 Å². The van der Waals surface area contributed by atoms with E-state index < -0.39 is 23.7 Å². The molecule has 0 saturated heterocycles. The second-order valence-corrected chi connectivity index (χ2v) is 7.41. The van der Waals surface area contributed by atoms with Crippen molar-refractivity contribution in [3.8, 4) is 0 Å². The maximum absolute atomic E-state index is 12.9. The van der Waals surface area contributed by atoms with Crippen LogP contribution in [-0.2, 0) is 22.3 Å². The fourth-order valence-electron chi connectivity index (χ4n) is 2.19. The molecule has 0 unspecified atom stereocenters. The van der Waals surface area contributed by atoms with Gasteiger partial charge >= 0.3 is 12.1 Å². The van der Waals surface area contributed by atoms with Crippen LogP contribution in [0.3, 0.4) is 0 Å². The van der Waals surface area contributed by atoms with E-state index >= 15 is 0 Å². The first kappa shape index (κ1) is 20.4. The molecule has 0 aromatic carbocycles. The number of alkyl halides is 3. The third-order valence-corrected chi connectivity index (χ3v) is 5.38. The fourth-order valence-corrected chi connectivity index (χ4v) is 3.61. The number of aryl methyl sites for hydroxylation is 2. The summed E-state index contributed by atoms with van der Waals surface area (Å²) in [6, 6.07) is 1.59. The number of halogens is 4. The van der Waals surface area contributed by atoms with Crippen LogP contribution < -0.4 is 5.32 Å².